The van der Waals surface area contributed by atoms with Gasteiger partial charge in [-0.15, -0.1) is 0 Å². The molecule has 0 aromatic heterocycles. The summed E-state index contributed by atoms with van der Waals surface area (Å²) in [6.07, 6.45) is 0.211. The topological polar surface area (TPSA) is 105 Å². The number of likely N-dealkylation sites (tertiary alicyclic amines) is 1. The summed E-state index contributed by atoms with van der Waals surface area (Å²) in [6.45, 7) is 5.81. The molecule has 2 aliphatic rings. The van der Waals surface area contributed by atoms with Gasteiger partial charge in [0.25, 0.3) is 0 Å². The minimum Gasteiger partial charge on any atom is -0.480 e. The molecular weight excluding hydrogens is 448 g/mol. The van der Waals surface area contributed by atoms with Gasteiger partial charge < -0.3 is 24.8 Å². The van der Waals surface area contributed by atoms with Crippen LogP contribution in [0.3, 0.4) is 0 Å². The van der Waals surface area contributed by atoms with E-state index in [1.807, 2.05) is 24.3 Å². The lowest BCUT2D eigenvalue weighted by atomic mass is 9.98. The van der Waals surface area contributed by atoms with E-state index in [0.717, 1.165) is 28.7 Å². The highest BCUT2D eigenvalue weighted by Crippen LogP contribution is 2.44. The smallest absolute Gasteiger partial charge is 0.410 e. The van der Waals surface area contributed by atoms with Crippen LogP contribution in [-0.2, 0) is 14.3 Å². The molecule has 8 nitrogen and oxygen atoms in total. The van der Waals surface area contributed by atoms with Crippen LogP contribution in [0.4, 0.5) is 9.59 Å². The molecule has 0 radical (unpaired) electrons. The molecule has 1 heterocycles. The summed E-state index contributed by atoms with van der Waals surface area (Å²) < 4.78 is 11.0. The highest BCUT2D eigenvalue weighted by Gasteiger charge is 2.36. The highest BCUT2D eigenvalue weighted by atomic mass is 16.6. The van der Waals surface area contributed by atoms with E-state index in [2.05, 4.69) is 29.6 Å². The number of alkyl carbamates (subject to hydrolysis) is 1. The molecular formula is C27H32N2O6. The van der Waals surface area contributed by atoms with E-state index in [-0.39, 0.29) is 25.0 Å². The van der Waals surface area contributed by atoms with Crippen LogP contribution >= 0.6 is 0 Å². The van der Waals surface area contributed by atoms with E-state index >= 15 is 0 Å². The minimum absolute atomic E-state index is 0.0481. The van der Waals surface area contributed by atoms with Crippen molar-refractivity contribution in [2.24, 2.45) is 0 Å². The Kier molecular flexibility index (Phi) is 7.00. The number of fused-ring (bicyclic) bond motifs is 3. The Balaban J connectivity index is 1.40. The van der Waals surface area contributed by atoms with Gasteiger partial charge in [-0.05, 0) is 62.3 Å². The maximum Gasteiger partial charge on any atom is 0.410 e. The van der Waals surface area contributed by atoms with Gasteiger partial charge in [0.2, 0.25) is 0 Å². The summed E-state index contributed by atoms with van der Waals surface area (Å²) in [4.78, 5) is 38.5. The number of nitrogens with zero attached hydrogens (tertiary/aromatic N) is 1. The summed E-state index contributed by atoms with van der Waals surface area (Å²) in [5.41, 5.74) is 3.83. The monoisotopic (exact) mass is 480 g/mol. The zero-order valence-corrected chi connectivity index (χ0v) is 20.3. The number of hydrogen-bond donors (Lipinski definition) is 2. The zero-order valence-electron chi connectivity index (χ0n) is 20.3. The van der Waals surface area contributed by atoms with Crippen molar-refractivity contribution in [2.45, 2.75) is 63.6 Å². The lowest BCUT2D eigenvalue weighted by Gasteiger charge is -2.28. The fourth-order valence-electron chi connectivity index (χ4n) is 4.94. The molecule has 35 heavy (non-hydrogen) atoms. The third kappa shape index (κ3) is 5.58. The van der Waals surface area contributed by atoms with Crippen molar-refractivity contribution in [1.82, 2.24) is 10.2 Å². The van der Waals surface area contributed by atoms with Gasteiger partial charge in [0.1, 0.15) is 18.2 Å². The summed E-state index contributed by atoms with van der Waals surface area (Å²) >= 11 is 0. The number of carbonyl (C=O) groups excluding carboxylic acids is 2. The zero-order chi connectivity index (χ0) is 25.2. The highest BCUT2D eigenvalue weighted by molar-refractivity contribution is 5.80. The summed E-state index contributed by atoms with van der Waals surface area (Å²) in [5, 5.41) is 12.1. The lowest BCUT2D eigenvalue weighted by molar-refractivity contribution is -0.140. The molecule has 1 aliphatic carbocycles. The van der Waals surface area contributed by atoms with Gasteiger partial charge in [0.05, 0.1) is 0 Å². The molecule has 4 rings (SSSR count). The Hall–Kier alpha value is -3.55. The molecule has 0 unspecified atom stereocenters. The van der Waals surface area contributed by atoms with Crippen molar-refractivity contribution in [1.29, 1.82) is 0 Å². The van der Waals surface area contributed by atoms with Gasteiger partial charge in [-0.25, -0.2) is 14.4 Å². The van der Waals surface area contributed by atoms with E-state index in [1.54, 1.807) is 25.7 Å². The molecule has 1 saturated heterocycles. The van der Waals surface area contributed by atoms with Gasteiger partial charge in [0.15, 0.2) is 0 Å². The molecule has 2 N–H and O–H groups in total. The number of hydrogen-bond acceptors (Lipinski definition) is 5. The first-order chi connectivity index (χ1) is 16.6. The van der Waals surface area contributed by atoms with Crippen molar-refractivity contribution in [3.63, 3.8) is 0 Å². The number of amides is 2. The van der Waals surface area contributed by atoms with Gasteiger partial charge >= 0.3 is 18.2 Å². The van der Waals surface area contributed by atoms with Crippen LogP contribution < -0.4 is 5.32 Å². The number of carbonyl (C=O) groups is 3. The number of aliphatic carboxylic acids is 1. The normalized spacial score (nSPS) is 17.9. The molecule has 2 aromatic rings. The second-order valence-corrected chi connectivity index (χ2v) is 10.1. The molecule has 186 valence electrons. The molecule has 0 saturated carbocycles. The number of ether oxygens (including phenoxy) is 2. The fraction of sp³-hybridized carbons (Fsp3) is 0.444. The minimum atomic E-state index is -1.17. The van der Waals surface area contributed by atoms with Crippen LogP contribution in [0.5, 0.6) is 0 Å². The van der Waals surface area contributed by atoms with Crippen molar-refractivity contribution >= 4 is 18.2 Å². The molecule has 1 aliphatic heterocycles. The third-order valence-electron chi connectivity index (χ3n) is 6.44. The van der Waals surface area contributed by atoms with Crippen LogP contribution in [0.2, 0.25) is 0 Å². The van der Waals surface area contributed by atoms with E-state index in [0.29, 0.717) is 13.0 Å². The summed E-state index contributed by atoms with van der Waals surface area (Å²) in [5.74, 6) is -1.22. The van der Waals surface area contributed by atoms with Gasteiger partial charge in [-0.2, -0.15) is 0 Å². The Bertz CT molecular complexity index is 1060. The average Bonchev–Trinajstić information content (AvgIpc) is 3.38. The number of carboxylic acids is 1. The second-order valence-electron chi connectivity index (χ2n) is 10.1. The first kappa shape index (κ1) is 24.6. The Morgan fingerprint density at radius 1 is 1.06 bits per heavy atom. The average molecular weight is 481 g/mol. The number of benzene rings is 2. The quantitative estimate of drug-likeness (QED) is 0.617. The number of carboxylic acid groups (broad SMARTS) is 1. The Labute approximate surface area is 205 Å². The van der Waals surface area contributed by atoms with Crippen LogP contribution in [0.25, 0.3) is 11.1 Å². The predicted molar refractivity (Wildman–Crippen MR) is 130 cm³/mol. The van der Waals surface area contributed by atoms with Crippen LogP contribution in [0.1, 0.15) is 57.1 Å². The van der Waals surface area contributed by atoms with E-state index in [1.165, 1.54) is 0 Å². The van der Waals surface area contributed by atoms with Gasteiger partial charge in [0, 0.05) is 18.5 Å². The summed E-state index contributed by atoms with van der Waals surface area (Å²) in [6, 6.07) is 14.7. The standard InChI is InChI=1S/C27H32N2O6/c1-27(2,3)35-25(32)28-23(24(30)31)15-17-9-8-14-29(17)26(33)34-16-22-20-12-6-4-10-18(20)19-11-5-7-13-21(19)22/h4-7,10-13,17,22-23H,8-9,14-16H2,1-3H3,(H,28,32)(H,30,31)/t17-,23-/m0/s1. The molecule has 0 bridgehead atoms. The number of nitrogens with one attached hydrogen (secondary N) is 1. The predicted octanol–water partition coefficient (Wildman–Crippen LogP) is 4.77. The molecule has 2 aromatic carbocycles. The first-order valence-corrected chi connectivity index (χ1v) is 12.0. The molecule has 2 atom stereocenters. The fourth-order valence-corrected chi connectivity index (χ4v) is 4.94. The Morgan fingerprint density at radius 3 is 2.23 bits per heavy atom. The number of rotatable bonds is 6. The van der Waals surface area contributed by atoms with Crippen molar-refractivity contribution in [3.05, 3.63) is 59.7 Å². The van der Waals surface area contributed by atoms with Gasteiger partial charge in [-0.1, -0.05) is 48.5 Å². The van der Waals surface area contributed by atoms with Crippen molar-refractivity contribution in [2.75, 3.05) is 13.2 Å². The molecule has 8 heteroatoms. The van der Waals surface area contributed by atoms with Crippen molar-refractivity contribution in [3.8, 4) is 11.1 Å². The lowest BCUT2D eigenvalue weighted by Crippen LogP contribution is -2.47. The largest absolute Gasteiger partial charge is 0.480 e. The first-order valence-electron chi connectivity index (χ1n) is 12.0. The summed E-state index contributed by atoms with van der Waals surface area (Å²) in [7, 11) is 0. The van der Waals surface area contributed by atoms with Crippen LogP contribution in [0, 0.1) is 0 Å². The maximum atomic E-state index is 13.0. The van der Waals surface area contributed by atoms with E-state index in [9.17, 15) is 19.5 Å². The van der Waals surface area contributed by atoms with E-state index in [4.69, 9.17) is 9.47 Å². The van der Waals surface area contributed by atoms with E-state index < -0.39 is 29.8 Å². The van der Waals surface area contributed by atoms with Gasteiger partial charge in [-0.3, -0.25) is 0 Å². The van der Waals surface area contributed by atoms with Crippen LogP contribution in [-0.4, -0.2) is 59.0 Å². The molecule has 1 fully saturated rings. The van der Waals surface area contributed by atoms with Crippen LogP contribution in [0.15, 0.2) is 48.5 Å². The second kappa shape index (κ2) is 9.98. The maximum absolute atomic E-state index is 13.0. The van der Waals surface area contributed by atoms with Crippen molar-refractivity contribution < 1.29 is 29.0 Å². The molecule has 0 spiro atoms. The Morgan fingerprint density at radius 2 is 1.66 bits per heavy atom. The molecule has 2 amide bonds. The third-order valence-corrected chi connectivity index (χ3v) is 6.44. The SMILES string of the molecule is CC(C)(C)OC(=O)N[C@@H](C[C@@H]1CCCN1C(=O)OCC1c2ccccc2-c2ccccc21)C(=O)O.